The summed E-state index contributed by atoms with van der Waals surface area (Å²) in [6, 6.07) is 7.77. The molecule has 0 saturated heterocycles. The predicted octanol–water partition coefficient (Wildman–Crippen LogP) is 2.31. The van der Waals surface area contributed by atoms with E-state index in [9.17, 15) is 14.7 Å². The molecule has 1 unspecified atom stereocenters. The second-order valence-electron chi connectivity index (χ2n) is 6.25. The van der Waals surface area contributed by atoms with Crippen molar-refractivity contribution in [1.29, 1.82) is 0 Å². The molecule has 1 amide bonds. The van der Waals surface area contributed by atoms with Crippen LogP contribution in [0.4, 0.5) is 0 Å². The number of ether oxygens (including phenoxy) is 1. The average molecular weight is 319 g/mol. The molecule has 0 aliphatic heterocycles. The van der Waals surface area contributed by atoms with Crippen molar-refractivity contribution < 1.29 is 19.4 Å². The first-order chi connectivity index (χ1) is 11.0. The molecular formula is C18H25NO4. The number of carboxylic acids is 1. The molecule has 0 heterocycles. The van der Waals surface area contributed by atoms with E-state index < -0.39 is 11.9 Å². The van der Waals surface area contributed by atoms with Crippen molar-refractivity contribution in [1.82, 2.24) is 5.32 Å². The molecule has 5 nitrogen and oxygen atoms in total. The summed E-state index contributed by atoms with van der Waals surface area (Å²) < 4.78 is 5.53. The highest BCUT2D eigenvalue weighted by Gasteiger charge is 2.20. The second-order valence-corrected chi connectivity index (χ2v) is 6.25. The number of hydrogen-bond donors (Lipinski definition) is 2. The zero-order valence-corrected chi connectivity index (χ0v) is 13.6. The van der Waals surface area contributed by atoms with Crippen molar-refractivity contribution in [3.63, 3.8) is 0 Å². The van der Waals surface area contributed by atoms with E-state index in [2.05, 4.69) is 5.32 Å². The zero-order valence-electron chi connectivity index (χ0n) is 13.6. The van der Waals surface area contributed by atoms with Gasteiger partial charge in [-0.2, -0.15) is 0 Å². The Hall–Kier alpha value is -1.88. The summed E-state index contributed by atoms with van der Waals surface area (Å²) >= 11 is 0. The van der Waals surface area contributed by atoms with Crippen LogP contribution in [0.1, 0.15) is 36.8 Å². The first-order valence-corrected chi connectivity index (χ1v) is 8.21. The highest BCUT2D eigenvalue weighted by atomic mass is 16.5. The fraction of sp³-hybridized carbons (Fsp3) is 0.556. The first kappa shape index (κ1) is 17.5. The molecule has 1 atom stereocenters. The molecule has 0 bridgehead atoms. The Kier molecular flexibility index (Phi) is 6.59. The number of aliphatic carboxylic acids is 1. The van der Waals surface area contributed by atoms with Crippen molar-refractivity contribution in [3.05, 3.63) is 35.4 Å². The Balaban J connectivity index is 1.77. The number of rotatable bonds is 8. The molecule has 2 rings (SSSR count). The van der Waals surface area contributed by atoms with Gasteiger partial charge < -0.3 is 15.2 Å². The molecule has 0 aromatic heterocycles. The quantitative estimate of drug-likeness (QED) is 0.771. The molecule has 1 saturated carbocycles. The smallest absolute Gasteiger partial charge is 0.308 e. The summed E-state index contributed by atoms with van der Waals surface area (Å²) in [6.07, 6.45) is 4.92. The van der Waals surface area contributed by atoms with E-state index >= 15 is 0 Å². The molecule has 23 heavy (non-hydrogen) atoms. The van der Waals surface area contributed by atoms with Crippen molar-refractivity contribution >= 4 is 11.9 Å². The molecule has 2 N–H and O–H groups in total. The Bertz CT molecular complexity index is 538. The van der Waals surface area contributed by atoms with Crippen LogP contribution in [-0.4, -0.2) is 36.2 Å². The average Bonchev–Trinajstić information content (AvgIpc) is 3.02. The fourth-order valence-electron chi connectivity index (χ4n) is 2.91. The zero-order chi connectivity index (χ0) is 16.7. The predicted molar refractivity (Wildman–Crippen MR) is 87.2 cm³/mol. The van der Waals surface area contributed by atoms with Crippen LogP contribution >= 0.6 is 0 Å². The lowest BCUT2D eigenvalue weighted by Gasteiger charge is -2.15. The van der Waals surface area contributed by atoms with E-state index in [0.717, 1.165) is 36.8 Å². The van der Waals surface area contributed by atoms with Gasteiger partial charge in [0.15, 0.2) is 0 Å². The number of carbonyl (C=O) groups is 2. The third kappa shape index (κ3) is 6.02. The third-order valence-corrected chi connectivity index (χ3v) is 4.21. The maximum Gasteiger partial charge on any atom is 0.308 e. The van der Waals surface area contributed by atoms with Crippen LogP contribution in [0.2, 0.25) is 0 Å². The normalized spacial score (nSPS) is 16.2. The lowest BCUT2D eigenvalue weighted by molar-refractivity contribution is -0.141. The SMILES string of the molecule is Cc1cccc(CC(CNC(=O)COC2CCCC2)C(=O)O)c1. The molecule has 5 heteroatoms. The largest absolute Gasteiger partial charge is 0.481 e. The van der Waals surface area contributed by atoms with E-state index in [0.29, 0.717) is 6.42 Å². The Morgan fingerprint density at radius 3 is 2.74 bits per heavy atom. The van der Waals surface area contributed by atoms with Gasteiger partial charge in [-0.05, 0) is 31.7 Å². The van der Waals surface area contributed by atoms with Gasteiger partial charge in [-0.25, -0.2) is 0 Å². The van der Waals surface area contributed by atoms with Gasteiger partial charge in [-0.1, -0.05) is 42.7 Å². The van der Waals surface area contributed by atoms with Crippen molar-refractivity contribution in [3.8, 4) is 0 Å². The van der Waals surface area contributed by atoms with E-state index in [1.165, 1.54) is 0 Å². The van der Waals surface area contributed by atoms with Gasteiger partial charge in [0.05, 0.1) is 12.0 Å². The molecule has 1 fully saturated rings. The van der Waals surface area contributed by atoms with Gasteiger partial charge >= 0.3 is 5.97 Å². The van der Waals surface area contributed by atoms with Gasteiger partial charge in [-0.3, -0.25) is 9.59 Å². The lowest BCUT2D eigenvalue weighted by Crippen LogP contribution is -2.36. The number of aryl methyl sites for hydroxylation is 1. The van der Waals surface area contributed by atoms with Crippen molar-refractivity contribution in [2.75, 3.05) is 13.2 Å². The van der Waals surface area contributed by atoms with E-state index in [-0.39, 0.29) is 25.2 Å². The second kappa shape index (κ2) is 8.67. The van der Waals surface area contributed by atoms with E-state index in [1.54, 1.807) is 0 Å². The molecular weight excluding hydrogens is 294 g/mol. The highest BCUT2D eigenvalue weighted by molar-refractivity contribution is 5.78. The van der Waals surface area contributed by atoms with E-state index in [1.807, 2.05) is 31.2 Å². The van der Waals surface area contributed by atoms with E-state index in [4.69, 9.17) is 4.74 Å². The number of carbonyl (C=O) groups excluding carboxylic acids is 1. The van der Waals surface area contributed by atoms with Crippen LogP contribution in [0.15, 0.2) is 24.3 Å². The molecule has 0 radical (unpaired) electrons. The number of hydrogen-bond acceptors (Lipinski definition) is 3. The Morgan fingerprint density at radius 1 is 1.35 bits per heavy atom. The molecule has 1 aromatic rings. The van der Waals surface area contributed by atoms with Crippen molar-refractivity contribution in [2.24, 2.45) is 5.92 Å². The fourth-order valence-corrected chi connectivity index (χ4v) is 2.91. The number of amides is 1. The number of carboxylic acid groups (broad SMARTS) is 1. The molecule has 1 aliphatic carbocycles. The standard InChI is InChI=1S/C18H25NO4/c1-13-5-4-6-14(9-13)10-15(18(21)22)11-19-17(20)12-23-16-7-2-3-8-16/h4-6,9,15-16H,2-3,7-8,10-12H2,1H3,(H,19,20)(H,21,22). The van der Waals surface area contributed by atoms with Crippen LogP contribution < -0.4 is 5.32 Å². The monoisotopic (exact) mass is 319 g/mol. The summed E-state index contributed by atoms with van der Waals surface area (Å²) in [5.74, 6) is -1.77. The summed E-state index contributed by atoms with van der Waals surface area (Å²) in [5, 5.41) is 12.0. The minimum atomic E-state index is -0.900. The van der Waals surface area contributed by atoms with Gasteiger partial charge in [0, 0.05) is 6.54 Å². The molecule has 1 aliphatic rings. The van der Waals surface area contributed by atoms with Crippen LogP contribution in [0, 0.1) is 12.8 Å². The maximum absolute atomic E-state index is 11.8. The van der Waals surface area contributed by atoms with Crippen LogP contribution in [-0.2, 0) is 20.7 Å². The van der Waals surface area contributed by atoms with Gasteiger partial charge in [0.25, 0.3) is 0 Å². The molecule has 0 spiro atoms. The Morgan fingerprint density at radius 2 is 2.09 bits per heavy atom. The number of nitrogens with one attached hydrogen (secondary N) is 1. The Labute approximate surface area is 137 Å². The summed E-state index contributed by atoms with van der Waals surface area (Å²) in [6.45, 7) is 2.11. The minimum absolute atomic E-state index is 0.0153. The topological polar surface area (TPSA) is 75.6 Å². The molecule has 126 valence electrons. The van der Waals surface area contributed by atoms with Crippen molar-refractivity contribution in [2.45, 2.75) is 45.1 Å². The van der Waals surface area contributed by atoms with Crippen LogP contribution in [0.3, 0.4) is 0 Å². The summed E-state index contributed by atoms with van der Waals surface area (Å²) in [7, 11) is 0. The van der Waals surface area contributed by atoms with Crippen LogP contribution in [0.5, 0.6) is 0 Å². The lowest BCUT2D eigenvalue weighted by atomic mass is 9.98. The number of benzene rings is 1. The first-order valence-electron chi connectivity index (χ1n) is 8.21. The maximum atomic E-state index is 11.8. The minimum Gasteiger partial charge on any atom is -0.481 e. The summed E-state index contributed by atoms with van der Waals surface area (Å²) in [4.78, 5) is 23.2. The van der Waals surface area contributed by atoms with Gasteiger partial charge in [-0.15, -0.1) is 0 Å². The third-order valence-electron chi connectivity index (χ3n) is 4.21. The highest BCUT2D eigenvalue weighted by Crippen LogP contribution is 2.20. The molecule has 1 aromatic carbocycles. The van der Waals surface area contributed by atoms with Crippen LogP contribution in [0.25, 0.3) is 0 Å². The van der Waals surface area contributed by atoms with Gasteiger partial charge in [0.2, 0.25) is 5.91 Å². The van der Waals surface area contributed by atoms with Gasteiger partial charge in [0.1, 0.15) is 6.61 Å². The summed E-state index contributed by atoms with van der Waals surface area (Å²) in [5.41, 5.74) is 2.06.